The van der Waals surface area contributed by atoms with E-state index < -0.39 is 0 Å². The molecule has 0 aromatic heterocycles. The molecule has 0 aliphatic heterocycles. The van der Waals surface area contributed by atoms with Crippen molar-refractivity contribution in [1.82, 2.24) is 0 Å². The fraction of sp³-hybridized carbons (Fsp3) is 0.143. The van der Waals surface area contributed by atoms with Gasteiger partial charge in [-0.05, 0) is 36.2 Å². The zero-order valence-electron chi connectivity index (χ0n) is 9.61. The minimum Gasteiger partial charge on any atom is -0.399 e. The number of anilines is 1. The van der Waals surface area contributed by atoms with Crippen LogP contribution in [0.4, 0.5) is 5.69 Å². The Hall–Kier alpha value is -0.930. The summed E-state index contributed by atoms with van der Waals surface area (Å²) in [4.78, 5) is 1.33. The molecule has 0 atom stereocenters. The monoisotopic (exact) mass is 307 g/mol. The zero-order chi connectivity index (χ0) is 12.3. The number of rotatable bonds is 3. The van der Waals surface area contributed by atoms with E-state index in [-0.39, 0.29) is 0 Å². The molecule has 0 aliphatic rings. The lowest BCUT2D eigenvalue weighted by atomic mass is 10.2. The summed E-state index contributed by atoms with van der Waals surface area (Å²) in [6, 6.07) is 14.4. The van der Waals surface area contributed by atoms with E-state index in [2.05, 4.69) is 53.2 Å². The van der Waals surface area contributed by atoms with Gasteiger partial charge in [0.2, 0.25) is 0 Å². The first-order chi connectivity index (χ1) is 8.16. The number of hydrogen-bond donors (Lipinski definition) is 1. The van der Waals surface area contributed by atoms with Crippen LogP contribution in [-0.4, -0.2) is 0 Å². The average Bonchev–Trinajstić information content (AvgIpc) is 2.30. The zero-order valence-corrected chi connectivity index (χ0v) is 12.0. The van der Waals surface area contributed by atoms with Crippen molar-refractivity contribution in [2.24, 2.45) is 0 Å². The number of nitrogens with two attached hydrogens (primary N) is 1. The Morgan fingerprint density at radius 3 is 2.65 bits per heavy atom. The molecule has 2 N–H and O–H groups in total. The van der Waals surface area contributed by atoms with Gasteiger partial charge in [-0.1, -0.05) is 40.2 Å². The summed E-state index contributed by atoms with van der Waals surface area (Å²) in [5, 5.41) is 0. The van der Waals surface area contributed by atoms with E-state index in [4.69, 9.17) is 5.73 Å². The summed E-state index contributed by atoms with van der Waals surface area (Å²) in [5.74, 6) is 0.950. The van der Waals surface area contributed by atoms with Gasteiger partial charge in [0.1, 0.15) is 0 Å². The highest BCUT2D eigenvalue weighted by Crippen LogP contribution is 2.29. The third-order valence-corrected chi connectivity index (χ3v) is 4.52. The third kappa shape index (κ3) is 3.27. The molecule has 0 bridgehead atoms. The predicted octanol–water partition coefficient (Wildman–Crippen LogP) is 4.63. The molecule has 0 saturated carbocycles. The average molecular weight is 308 g/mol. The van der Waals surface area contributed by atoms with Crippen molar-refractivity contribution >= 4 is 33.4 Å². The highest BCUT2D eigenvalue weighted by atomic mass is 79.9. The van der Waals surface area contributed by atoms with Gasteiger partial charge < -0.3 is 5.73 Å². The number of hydrogen-bond acceptors (Lipinski definition) is 2. The molecule has 0 aliphatic carbocycles. The van der Waals surface area contributed by atoms with Gasteiger partial charge >= 0.3 is 0 Å². The fourth-order valence-corrected chi connectivity index (χ4v) is 3.31. The van der Waals surface area contributed by atoms with Crippen LogP contribution in [0, 0.1) is 6.92 Å². The molecule has 3 heteroatoms. The second-order valence-electron chi connectivity index (χ2n) is 3.91. The lowest BCUT2D eigenvalue weighted by molar-refractivity contribution is 1.28. The minimum absolute atomic E-state index is 0.793. The molecule has 17 heavy (non-hydrogen) atoms. The molecule has 2 aromatic rings. The van der Waals surface area contributed by atoms with Crippen LogP contribution in [0.25, 0.3) is 0 Å². The van der Waals surface area contributed by atoms with Gasteiger partial charge in [0.15, 0.2) is 0 Å². The smallest absolute Gasteiger partial charge is 0.0325 e. The standard InChI is InChI=1S/C14H14BrNS/c1-10-4-2-3-5-14(10)17-9-11-6-7-12(16)8-13(11)15/h2-8H,9,16H2,1H3. The molecule has 88 valence electrons. The van der Waals surface area contributed by atoms with Gasteiger partial charge in [0, 0.05) is 20.8 Å². The number of thioether (sulfide) groups is 1. The van der Waals surface area contributed by atoms with Gasteiger partial charge in [-0.2, -0.15) is 0 Å². The Kier molecular flexibility index (Phi) is 4.13. The first-order valence-electron chi connectivity index (χ1n) is 5.39. The molecule has 0 spiro atoms. The molecule has 0 heterocycles. The van der Waals surface area contributed by atoms with Crippen molar-refractivity contribution in [3.8, 4) is 0 Å². The Bertz CT molecular complexity index is 525. The fourth-order valence-electron chi connectivity index (χ4n) is 1.55. The van der Waals surface area contributed by atoms with Crippen molar-refractivity contribution in [2.45, 2.75) is 17.6 Å². The molecule has 2 rings (SSSR count). The Balaban J connectivity index is 2.10. The van der Waals surface area contributed by atoms with Gasteiger partial charge in [-0.3, -0.25) is 0 Å². The van der Waals surface area contributed by atoms with Crippen molar-refractivity contribution < 1.29 is 0 Å². The van der Waals surface area contributed by atoms with Crippen LogP contribution in [0.15, 0.2) is 51.8 Å². The van der Waals surface area contributed by atoms with E-state index in [0.717, 1.165) is 15.9 Å². The molecule has 0 unspecified atom stereocenters. The highest BCUT2D eigenvalue weighted by molar-refractivity contribution is 9.10. The maximum absolute atomic E-state index is 5.72. The number of halogens is 1. The summed E-state index contributed by atoms with van der Waals surface area (Å²) in [7, 11) is 0. The van der Waals surface area contributed by atoms with Crippen molar-refractivity contribution in [1.29, 1.82) is 0 Å². The van der Waals surface area contributed by atoms with E-state index in [1.54, 1.807) is 0 Å². The molecule has 0 saturated heterocycles. The van der Waals surface area contributed by atoms with Crippen LogP contribution in [-0.2, 0) is 5.75 Å². The topological polar surface area (TPSA) is 26.0 Å². The minimum atomic E-state index is 0.793. The number of benzene rings is 2. The molecule has 2 aromatic carbocycles. The highest BCUT2D eigenvalue weighted by Gasteiger charge is 2.03. The molecule has 1 nitrogen and oxygen atoms in total. The van der Waals surface area contributed by atoms with Crippen LogP contribution >= 0.6 is 27.7 Å². The summed E-state index contributed by atoms with van der Waals surface area (Å²) < 4.78 is 1.08. The van der Waals surface area contributed by atoms with Crippen molar-refractivity contribution in [3.05, 3.63) is 58.1 Å². The lowest BCUT2D eigenvalue weighted by Gasteiger charge is -2.07. The largest absolute Gasteiger partial charge is 0.399 e. The van der Waals surface area contributed by atoms with Gasteiger partial charge in [0.05, 0.1) is 0 Å². The van der Waals surface area contributed by atoms with Crippen LogP contribution in [0.2, 0.25) is 0 Å². The number of aryl methyl sites for hydroxylation is 1. The Morgan fingerprint density at radius 2 is 1.94 bits per heavy atom. The van der Waals surface area contributed by atoms with Crippen LogP contribution in [0.5, 0.6) is 0 Å². The van der Waals surface area contributed by atoms with E-state index in [1.807, 2.05) is 23.9 Å². The molecule has 0 amide bonds. The summed E-state index contributed by atoms with van der Waals surface area (Å²) in [5.41, 5.74) is 9.11. The summed E-state index contributed by atoms with van der Waals surface area (Å²) in [6.07, 6.45) is 0. The van der Waals surface area contributed by atoms with Gasteiger partial charge in [0.25, 0.3) is 0 Å². The molecular weight excluding hydrogens is 294 g/mol. The van der Waals surface area contributed by atoms with Crippen molar-refractivity contribution in [3.63, 3.8) is 0 Å². The second kappa shape index (κ2) is 5.61. The van der Waals surface area contributed by atoms with E-state index in [0.29, 0.717) is 0 Å². The Morgan fingerprint density at radius 1 is 1.18 bits per heavy atom. The van der Waals surface area contributed by atoms with E-state index in [9.17, 15) is 0 Å². The van der Waals surface area contributed by atoms with E-state index >= 15 is 0 Å². The molecular formula is C14H14BrNS. The quantitative estimate of drug-likeness (QED) is 0.661. The first-order valence-corrected chi connectivity index (χ1v) is 7.17. The SMILES string of the molecule is Cc1ccccc1SCc1ccc(N)cc1Br. The van der Waals surface area contributed by atoms with Crippen LogP contribution in [0.1, 0.15) is 11.1 Å². The van der Waals surface area contributed by atoms with Crippen molar-refractivity contribution in [2.75, 3.05) is 5.73 Å². The van der Waals surface area contributed by atoms with Gasteiger partial charge in [-0.25, -0.2) is 0 Å². The number of nitrogen functional groups attached to an aromatic ring is 1. The van der Waals surface area contributed by atoms with Gasteiger partial charge in [-0.15, -0.1) is 11.8 Å². The third-order valence-electron chi connectivity index (χ3n) is 2.55. The first kappa shape index (κ1) is 12.5. The Labute approximate surface area is 115 Å². The molecule has 0 radical (unpaired) electrons. The predicted molar refractivity (Wildman–Crippen MR) is 79.3 cm³/mol. The van der Waals surface area contributed by atoms with E-state index in [1.165, 1.54) is 16.0 Å². The normalized spacial score (nSPS) is 10.5. The molecule has 0 fully saturated rings. The van der Waals surface area contributed by atoms with Crippen LogP contribution < -0.4 is 5.73 Å². The maximum atomic E-state index is 5.72. The maximum Gasteiger partial charge on any atom is 0.0325 e. The van der Waals surface area contributed by atoms with Crippen LogP contribution in [0.3, 0.4) is 0 Å². The summed E-state index contributed by atoms with van der Waals surface area (Å²) in [6.45, 7) is 2.14. The lowest BCUT2D eigenvalue weighted by Crippen LogP contribution is -1.88. The summed E-state index contributed by atoms with van der Waals surface area (Å²) >= 11 is 5.40. The second-order valence-corrected chi connectivity index (χ2v) is 5.78.